The molecule has 0 radical (unpaired) electrons. The molecule has 2 fully saturated rings. The summed E-state index contributed by atoms with van der Waals surface area (Å²) in [6.45, 7) is 5.91. The van der Waals surface area contributed by atoms with Gasteiger partial charge in [0.15, 0.2) is 0 Å². The van der Waals surface area contributed by atoms with Gasteiger partial charge in [0.25, 0.3) is 0 Å². The molecule has 4 heteroatoms. The molecule has 0 amide bonds. The fraction of sp³-hybridized carbons (Fsp3) is 0.667. The average molecular weight is 280 g/mol. The van der Waals surface area contributed by atoms with Gasteiger partial charge in [-0.25, -0.2) is 4.98 Å². The van der Waals surface area contributed by atoms with Crippen molar-refractivity contribution < 1.29 is 0 Å². The van der Waals surface area contributed by atoms with Crippen LogP contribution in [-0.2, 0) is 6.54 Å². The van der Waals surface area contributed by atoms with E-state index < -0.39 is 0 Å². The Bertz CT molecular complexity index is 418. The number of rotatable bonds is 3. The first kappa shape index (κ1) is 13.3. The van der Waals surface area contributed by atoms with Gasteiger partial charge in [-0.3, -0.25) is 9.80 Å². The third-order valence-corrected chi connectivity index (χ3v) is 4.52. The quantitative estimate of drug-likeness (QED) is 0.793. The molecule has 0 N–H and O–H groups in total. The van der Waals surface area contributed by atoms with Gasteiger partial charge in [-0.05, 0) is 44.5 Å². The summed E-state index contributed by atoms with van der Waals surface area (Å²) in [6.07, 6.45) is 5.48. The first-order valence-corrected chi connectivity index (χ1v) is 7.77. The zero-order valence-corrected chi connectivity index (χ0v) is 12.1. The van der Waals surface area contributed by atoms with Crippen molar-refractivity contribution in [2.75, 3.05) is 26.2 Å². The summed E-state index contributed by atoms with van der Waals surface area (Å²) >= 11 is 5.94. The van der Waals surface area contributed by atoms with E-state index in [1.807, 2.05) is 12.1 Å². The second kappa shape index (κ2) is 6.21. The number of hydrogen-bond acceptors (Lipinski definition) is 3. The van der Waals surface area contributed by atoms with Gasteiger partial charge in [0, 0.05) is 25.7 Å². The minimum atomic E-state index is 0.601. The fourth-order valence-corrected chi connectivity index (χ4v) is 3.49. The van der Waals surface area contributed by atoms with E-state index in [0.29, 0.717) is 5.15 Å². The first-order chi connectivity index (χ1) is 9.31. The van der Waals surface area contributed by atoms with Crippen molar-refractivity contribution in [3.63, 3.8) is 0 Å². The molecule has 2 saturated heterocycles. The summed E-state index contributed by atoms with van der Waals surface area (Å²) in [7, 11) is 0. The first-order valence-electron chi connectivity index (χ1n) is 7.39. The monoisotopic (exact) mass is 279 g/mol. The number of piperidine rings is 1. The summed E-state index contributed by atoms with van der Waals surface area (Å²) < 4.78 is 0. The predicted molar refractivity (Wildman–Crippen MR) is 78.4 cm³/mol. The minimum Gasteiger partial charge on any atom is -0.299 e. The summed E-state index contributed by atoms with van der Waals surface area (Å²) in [4.78, 5) is 9.59. The molecule has 0 spiro atoms. The van der Waals surface area contributed by atoms with Crippen molar-refractivity contribution in [3.05, 3.63) is 29.0 Å². The Morgan fingerprint density at radius 2 is 2.00 bits per heavy atom. The highest BCUT2D eigenvalue weighted by Gasteiger charge is 2.28. The lowest BCUT2D eigenvalue weighted by molar-refractivity contribution is 0.161. The highest BCUT2D eigenvalue weighted by Crippen LogP contribution is 2.21. The molecule has 3 nitrogen and oxygen atoms in total. The van der Waals surface area contributed by atoms with Gasteiger partial charge >= 0.3 is 0 Å². The van der Waals surface area contributed by atoms with Crippen LogP contribution in [0.2, 0.25) is 5.15 Å². The normalized spacial score (nSPS) is 25.8. The van der Waals surface area contributed by atoms with E-state index in [1.165, 1.54) is 51.9 Å². The largest absolute Gasteiger partial charge is 0.299 e. The maximum atomic E-state index is 5.94. The summed E-state index contributed by atoms with van der Waals surface area (Å²) in [5.74, 6) is 0. The van der Waals surface area contributed by atoms with Gasteiger partial charge in [-0.2, -0.15) is 0 Å². The van der Waals surface area contributed by atoms with Crippen molar-refractivity contribution in [2.24, 2.45) is 0 Å². The van der Waals surface area contributed by atoms with Crippen molar-refractivity contribution >= 4 is 11.6 Å². The molecule has 0 saturated carbocycles. The molecule has 3 heterocycles. The van der Waals surface area contributed by atoms with Crippen LogP contribution in [0, 0.1) is 0 Å². The molecule has 104 valence electrons. The second-order valence-corrected chi connectivity index (χ2v) is 6.11. The molecule has 1 atom stereocenters. The molecule has 2 aliphatic rings. The van der Waals surface area contributed by atoms with E-state index in [2.05, 4.69) is 20.9 Å². The zero-order valence-electron chi connectivity index (χ0n) is 11.4. The van der Waals surface area contributed by atoms with Gasteiger partial charge in [-0.15, -0.1) is 0 Å². The van der Waals surface area contributed by atoms with E-state index in [9.17, 15) is 0 Å². The second-order valence-electron chi connectivity index (χ2n) is 5.73. The van der Waals surface area contributed by atoms with Gasteiger partial charge in [0.05, 0.1) is 5.69 Å². The molecular formula is C15H22ClN3. The fourth-order valence-electron chi connectivity index (χ4n) is 3.30. The molecule has 1 aromatic rings. The van der Waals surface area contributed by atoms with Crippen LogP contribution in [0.4, 0.5) is 0 Å². The Morgan fingerprint density at radius 3 is 2.79 bits per heavy atom. The smallest absolute Gasteiger partial charge is 0.129 e. The van der Waals surface area contributed by atoms with Gasteiger partial charge in [0.2, 0.25) is 0 Å². The zero-order chi connectivity index (χ0) is 13.1. The van der Waals surface area contributed by atoms with Crippen molar-refractivity contribution in [1.29, 1.82) is 0 Å². The van der Waals surface area contributed by atoms with Gasteiger partial charge in [0.1, 0.15) is 5.15 Å². The lowest BCUT2D eigenvalue weighted by Crippen LogP contribution is -2.40. The molecular weight excluding hydrogens is 258 g/mol. The van der Waals surface area contributed by atoms with Crippen molar-refractivity contribution in [1.82, 2.24) is 14.8 Å². The molecule has 1 unspecified atom stereocenters. The summed E-state index contributed by atoms with van der Waals surface area (Å²) in [5, 5.41) is 0.601. The van der Waals surface area contributed by atoms with Crippen LogP contribution in [0.3, 0.4) is 0 Å². The van der Waals surface area contributed by atoms with E-state index in [4.69, 9.17) is 11.6 Å². The molecule has 1 aromatic heterocycles. The van der Waals surface area contributed by atoms with Crippen LogP contribution >= 0.6 is 11.6 Å². The molecule has 0 aromatic carbocycles. The van der Waals surface area contributed by atoms with Gasteiger partial charge in [-0.1, -0.05) is 24.1 Å². The third-order valence-electron chi connectivity index (χ3n) is 4.31. The Labute approximate surface area is 120 Å². The number of hydrogen-bond donors (Lipinski definition) is 0. The SMILES string of the molecule is Clc1cccc(CN2CCC(N3CCCCC3)C2)n1. The number of halogens is 1. The van der Waals surface area contributed by atoms with E-state index in [-0.39, 0.29) is 0 Å². The van der Waals surface area contributed by atoms with Crippen molar-refractivity contribution in [3.8, 4) is 0 Å². The molecule has 19 heavy (non-hydrogen) atoms. The van der Waals surface area contributed by atoms with Crippen LogP contribution in [0.15, 0.2) is 18.2 Å². The van der Waals surface area contributed by atoms with E-state index in [1.54, 1.807) is 0 Å². The molecule has 3 rings (SSSR count). The van der Waals surface area contributed by atoms with Crippen LogP contribution in [-0.4, -0.2) is 47.0 Å². The summed E-state index contributed by atoms with van der Waals surface area (Å²) in [5.41, 5.74) is 1.09. The van der Waals surface area contributed by atoms with Crippen LogP contribution in [0.1, 0.15) is 31.4 Å². The Morgan fingerprint density at radius 1 is 1.16 bits per heavy atom. The van der Waals surface area contributed by atoms with Crippen LogP contribution in [0.25, 0.3) is 0 Å². The molecule has 0 bridgehead atoms. The highest BCUT2D eigenvalue weighted by molar-refractivity contribution is 6.29. The topological polar surface area (TPSA) is 19.4 Å². The third kappa shape index (κ3) is 3.47. The number of nitrogens with zero attached hydrogens (tertiary/aromatic N) is 3. The average Bonchev–Trinajstić information content (AvgIpc) is 2.88. The highest BCUT2D eigenvalue weighted by atomic mass is 35.5. The number of likely N-dealkylation sites (tertiary alicyclic amines) is 2. The predicted octanol–water partition coefficient (Wildman–Crippen LogP) is 2.80. The minimum absolute atomic E-state index is 0.601. The summed E-state index contributed by atoms with van der Waals surface area (Å²) in [6, 6.07) is 6.66. The Balaban J connectivity index is 1.54. The maximum Gasteiger partial charge on any atom is 0.129 e. The van der Waals surface area contributed by atoms with Crippen LogP contribution in [0.5, 0.6) is 0 Å². The molecule has 2 aliphatic heterocycles. The Hall–Kier alpha value is -0.640. The lowest BCUT2D eigenvalue weighted by atomic mass is 10.1. The van der Waals surface area contributed by atoms with E-state index >= 15 is 0 Å². The standard InChI is InChI=1S/C15H22ClN3/c16-15-6-4-5-13(17-15)11-18-10-7-14(12-18)19-8-2-1-3-9-19/h4-6,14H,1-3,7-12H2. The van der Waals surface area contributed by atoms with Gasteiger partial charge < -0.3 is 0 Å². The maximum absolute atomic E-state index is 5.94. The molecule has 0 aliphatic carbocycles. The number of pyridine rings is 1. The van der Waals surface area contributed by atoms with Crippen LogP contribution < -0.4 is 0 Å². The van der Waals surface area contributed by atoms with Crippen molar-refractivity contribution in [2.45, 2.75) is 38.3 Å². The van der Waals surface area contributed by atoms with E-state index in [0.717, 1.165) is 18.3 Å². The Kier molecular flexibility index (Phi) is 4.36. The number of aromatic nitrogens is 1. The lowest BCUT2D eigenvalue weighted by Gasteiger charge is -2.32.